The largest absolute Gasteiger partial charge is 0.462 e. The lowest BCUT2D eigenvalue weighted by Gasteiger charge is -2.18. The lowest BCUT2D eigenvalue weighted by atomic mass is 10.0. The van der Waals surface area contributed by atoms with E-state index in [1.807, 2.05) is 0 Å². The third-order valence-corrected chi connectivity index (χ3v) is 13.2. The molecule has 0 spiro atoms. The normalized spacial score (nSPS) is 12.1. The standard InChI is InChI=1S/C60H112O6/c1-4-7-10-13-16-19-21-23-24-25-26-27-28-29-30-31-32-33-34-35-36-38-39-41-44-47-50-53-59(62)65-56-57(55-64-58(61)52-49-46-43-18-15-12-9-6-3)66-60(63)54-51-48-45-42-40-37-22-20-17-14-11-8-5-2/h20,22,25-26,57H,4-19,21,23-24,27-56H2,1-3H3/b22-20-,26-25-. The smallest absolute Gasteiger partial charge is 0.306 e. The van der Waals surface area contributed by atoms with Crippen molar-refractivity contribution in [3.63, 3.8) is 0 Å². The minimum atomic E-state index is -0.769. The number of hydrogen-bond donors (Lipinski definition) is 0. The number of carbonyl (C=O) groups is 3. The van der Waals surface area contributed by atoms with Gasteiger partial charge in [0.05, 0.1) is 0 Å². The summed E-state index contributed by atoms with van der Waals surface area (Å²) in [6.07, 6.45) is 64.9. The van der Waals surface area contributed by atoms with Crippen molar-refractivity contribution in [3.05, 3.63) is 24.3 Å². The molecule has 0 bridgehead atoms. The zero-order valence-corrected chi connectivity index (χ0v) is 44.5. The first-order valence-electron chi connectivity index (χ1n) is 29.3. The Morgan fingerprint density at radius 2 is 0.500 bits per heavy atom. The fourth-order valence-corrected chi connectivity index (χ4v) is 8.73. The van der Waals surface area contributed by atoms with Crippen LogP contribution in [0.3, 0.4) is 0 Å². The molecule has 6 heteroatoms. The van der Waals surface area contributed by atoms with Crippen LogP contribution in [0, 0.1) is 0 Å². The first-order chi connectivity index (χ1) is 32.5. The van der Waals surface area contributed by atoms with Crippen LogP contribution in [0.5, 0.6) is 0 Å². The van der Waals surface area contributed by atoms with Gasteiger partial charge in [-0.15, -0.1) is 0 Å². The van der Waals surface area contributed by atoms with E-state index in [1.165, 1.54) is 218 Å². The van der Waals surface area contributed by atoms with E-state index in [0.29, 0.717) is 19.3 Å². The first-order valence-corrected chi connectivity index (χ1v) is 29.3. The molecule has 0 rings (SSSR count). The molecule has 0 aromatic rings. The summed E-state index contributed by atoms with van der Waals surface area (Å²) < 4.78 is 16.8. The molecule has 0 aliphatic carbocycles. The van der Waals surface area contributed by atoms with Gasteiger partial charge in [0.25, 0.3) is 0 Å². The van der Waals surface area contributed by atoms with Crippen LogP contribution in [-0.2, 0) is 28.6 Å². The number of rotatable bonds is 54. The second-order valence-electron chi connectivity index (χ2n) is 19.9. The molecule has 0 N–H and O–H groups in total. The van der Waals surface area contributed by atoms with Gasteiger partial charge in [0, 0.05) is 19.3 Å². The Bertz CT molecular complexity index is 1070. The molecule has 0 aromatic carbocycles. The minimum absolute atomic E-state index is 0.0704. The summed E-state index contributed by atoms with van der Waals surface area (Å²) in [7, 11) is 0. The van der Waals surface area contributed by atoms with Crippen LogP contribution >= 0.6 is 0 Å². The molecule has 1 unspecified atom stereocenters. The second-order valence-corrected chi connectivity index (χ2v) is 19.9. The van der Waals surface area contributed by atoms with Gasteiger partial charge in [-0.3, -0.25) is 14.4 Å². The third kappa shape index (κ3) is 52.9. The molecule has 0 saturated carbocycles. The quantitative estimate of drug-likeness (QED) is 0.0262. The predicted octanol–water partition coefficient (Wildman–Crippen LogP) is 19.5. The van der Waals surface area contributed by atoms with Gasteiger partial charge in [-0.1, -0.05) is 257 Å². The summed E-state index contributed by atoms with van der Waals surface area (Å²) in [6.45, 7) is 6.62. The predicted molar refractivity (Wildman–Crippen MR) is 284 cm³/mol. The number of allylic oxidation sites excluding steroid dienone is 4. The van der Waals surface area contributed by atoms with E-state index in [2.05, 4.69) is 45.1 Å². The molecule has 0 aliphatic rings. The van der Waals surface area contributed by atoms with E-state index in [1.54, 1.807) is 0 Å². The van der Waals surface area contributed by atoms with Crippen molar-refractivity contribution in [2.45, 2.75) is 329 Å². The third-order valence-electron chi connectivity index (χ3n) is 13.2. The van der Waals surface area contributed by atoms with E-state index in [0.717, 1.165) is 64.2 Å². The Morgan fingerprint density at radius 1 is 0.288 bits per heavy atom. The van der Waals surface area contributed by atoms with Crippen LogP contribution in [0.25, 0.3) is 0 Å². The van der Waals surface area contributed by atoms with E-state index in [4.69, 9.17) is 14.2 Å². The molecule has 0 saturated heterocycles. The average Bonchev–Trinajstić information content (AvgIpc) is 3.31. The Labute approximate surface area is 411 Å². The van der Waals surface area contributed by atoms with Crippen molar-refractivity contribution in [2.24, 2.45) is 0 Å². The summed E-state index contributed by atoms with van der Waals surface area (Å²) in [6, 6.07) is 0. The highest BCUT2D eigenvalue weighted by Gasteiger charge is 2.19. The van der Waals surface area contributed by atoms with Crippen molar-refractivity contribution >= 4 is 17.9 Å². The van der Waals surface area contributed by atoms with Crippen LogP contribution in [0.4, 0.5) is 0 Å². The van der Waals surface area contributed by atoms with E-state index < -0.39 is 6.10 Å². The molecule has 1 atom stereocenters. The fourth-order valence-electron chi connectivity index (χ4n) is 8.73. The Morgan fingerprint density at radius 3 is 0.773 bits per heavy atom. The summed E-state index contributed by atoms with van der Waals surface area (Å²) in [5, 5.41) is 0. The van der Waals surface area contributed by atoms with Crippen LogP contribution in [0.1, 0.15) is 323 Å². The molecule has 388 valence electrons. The molecule has 6 nitrogen and oxygen atoms in total. The fraction of sp³-hybridized carbons (Fsp3) is 0.883. The van der Waals surface area contributed by atoms with Gasteiger partial charge in [-0.05, 0) is 70.6 Å². The monoisotopic (exact) mass is 929 g/mol. The number of unbranched alkanes of at least 4 members (excludes halogenated alkanes) is 39. The molecular formula is C60H112O6. The molecule has 0 fully saturated rings. The van der Waals surface area contributed by atoms with E-state index >= 15 is 0 Å². The van der Waals surface area contributed by atoms with Crippen molar-refractivity contribution in [1.29, 1.82) is 0 Å². The van der Waals surface area contributed by atoms with Gasteiger partial charge in [0.2, 0.25) is 0 Å². The maximum Gasteiger partial charge on any atom is 0.306 e. The van der Waals surface area contributed by atoms with Gasteiger partial charge in [0.1, 0.15) is 13.2 Å². The van der Waals surface area contributed by atoms with Gasteiger partial charge < -0.3 is 14.2 Å². The van der Waals surface area contributed by atoms with E-state index in [-0.39, 0.29) is 31.1 Å². The number of ether oxygens (including phenoxy) is 3. The van der Waals surface area contributed by atoms with Crippen molar-refractivity contribution in [1.82, 2.24) is 0 Å². The summed E-state index contributed by atoms with van der Waals surface area (Å²) >= 11 is 0. The maximum atomic E-state index is 12.8. The van der Waals surface area contributed by atoms with Crippen molar-refractivity contribution < 1.29 is 28.6 Å². The van der Waals surface area contributed by atoms with Gasteiger partial charge >= 0.3 is 17.9 Å². The van der Waals surface area contributed by atoms with E-state index in [9.17, 15) is 14.4 Å². The summed E-state index contributed by atoms with van der Waals surface area (Å²) in [5.74, 6) is -0.867. The topological polar surface area (TPSA) is 78.9 Å². The Balaban J connectivity index is 4.06. The number of esters is 3. The Hall–Kier alpha value is -2.11. The Kier molecular flexibility index (Phi) is 53.7. The summed E-state index contributed by atoms with van der Waals surface area (Å²) in [5.41, 5.74) is 0. The van der Waals surface area contributed by atoms with Gasteiger partial charge in [-0.25, -0.2) is 0 Å². The molecular weight excluding hydrogens is 817 g/mol. The zero-order valence-electron chi connectivity index (χ0n) is 44.5. The van der Waals surface area contributed by atoms with Gasteiger partial charge in [-0.2, -0.15) is 0 Å². The molecule has 66 heavy (non-hydrogen) atoms. The highest BCUT2D eigenvalue weighted by molar-refractivity contribution is 5.71. The van der Waals surface area contributed by atoms with Crippen LogP contribution < -0.4 is 0 Å². The zero-order chi connectivity index (χ0) is 47.9. The average molecular weight is 930 g/mol. The SMILES string of the molecule is CCCCCC/C=C\CCCCCCCC(=O)OC(COC(=O)CCCCCCCCCC)COC(=O)CCCCCCCCCCCCCCCCC/C=C\CCCCCCCCCC. The minimum Gasteiger partial charge on any atom is -0.462 e. The highest BCUT2D eigenvalue weighted by atomic mass is 16.6. The second kappa shape index (κ2) is 55.5. The molecule has 0 radical (unpaired) electrons. The number of carbonyl (C=O) groups excluding carboxylic acids is 3. The molecule has 0 amide bonds. The summed E-state index contributed by atoms with van der Waals surface area (Å²) in [4.78, 5) is 37.9. The maximum absolute atomic E-state index is 12.8. The van der Waals surface area contributed by atoms with Crippen molar-refractivity contribution in [2.75, 3.05) is 13.2 Å². The van der Waals surface area contributed by atoms with Gasteiger partial charge in [0.15, 0.2) is 6.10 Å². The van der Waals surface area contributed by atoms with Crippen LogP contribution in [0.2, 0.25) is 0 Å². The lowest BCUT2D eigenvalue weighted by Crippen LogP contribution is -2.30. The van der Waals surface area contributed by atoms with Crippen LogP contribution in [0.15, 0.2) is 24.3 Å². The number of hydrogen-bond acceptors (Lipinski definition) is 6. The molecule has 0 heterocycles. The van der Waals surface area contributed by atoms with Crippen LogP contribution in [-0.4, -0.2) is 37.2 Å². The molecule has 0 aromatic heterocycles. The highest BCUT2D eigenvalue weighted by Crippen LogP contribution is 2.17. The first kappa shape index (κ1) is 63.9. The van der Waals surface area contributed by atoms with Crippen molar-refractivity contribution in [3.8, 4) is 0 Å². The lowest BCUT2D eigenvalue weighted by molar-refractivity contribution is -0.167. The molecule has 0 aliphatic heterocycles.